The average molecular weight is 506 g/mol. The average Bonchev–Trinajstić information content (AvgIpc) is 3.49. The van der Waals surface area contributed by atoms with Crippen molar-refractivity contribution in [1.29, 1.82) is 0 Å². The van der Waals surface area contributed by atoms with E-state index in [0.29, 0.717) is 40.3 Å². The molecule has 0 aliphatic carbocycles. The molecule has 0 saturated carbocycles. The monoisotopic (exact) mass is 505 g/mol. The van der Waals surface area contributed by atoms with Gasteiger partial charge in [-0.05, 0) is 55.3 Å². The van der Waals surface area contributed by atoms with Crippen molar-refractivity contribution in [3.8, 4) is 5.75 Å². The number of carbonyl (C=O) groups is 3. The van der Waals surface area contributed by atoms with Crippen LogP contribution in [0.4, 0.5) is 11.4 Å². The summed E-state index contributed by atoms with van der Waals surface area (Å²) in [6.45, 7) is 1.34. The summed E-state index contributed by atoms with van der Waals surface area (Å²) in [4.78, 5) is 38.7. The SMILES string of the molecule is O=C(COc1ccc(N2C[C@H](C(=O)NC[C@@H]3CCCO3)CC2=O)cc1)Nc1ccc(Cl)c(Cl)c1. The van der Waals surface area contributed by atoms with Crippen molar-refractivity contribution < 1.29 is 23.9 Å². The second-order valence-electron chi connectivity index (χ2n) is 8.25. The molecule has 3 amide bonds. The summed E-state index contributed by atoms with van der Waals surface area (Å²) in [5.41, 5.74) is 1.19. The Labute approximate surface area is 207 Å². The third-order valence-electron chi connectivity index (χ3n) is 5.75. The molecule has 2 aliphatic heterocycles. The van der Waals surface area contributed by atoms with Crippen molar-refractivity contribution in [2.24, 2.45) is 5.92 Å². The number of nitrogens with one attached hydrogen (secondary N) is 2. The van der Waals surface area contributed by atoms with Gasteiger partial charge in [-0.15, -0.1) is 0 Å². The van der Waals surface area contributed by atoms with Crippen LogP contribution in [0, 0.1) is 5.92 Å². The van der Waals surface area contributed by atoms with Crippen LogP contribution in [0.5, 0.6) is 5.75 Å². The number of ether oxygens (including phenoxy) is 2. The van der Waals surface area contributed by atoms with Crippen LogP contribution in [-0.2, 0) is 19.1 Å². The maximum Gasteiger partial charge on any atom is 0.262 e. The molecule has 8 nitrogen and oxygen atoms in total. The number of amides is 3. The smallest absolute Gasteiger partial charge is 0.262 e. The van der Waals surface area contributed by atoms with Crippen LogP contribution >= 0.6 is 23.2 Å². The number of benzene rings is 2. The van der Waals surface area contributed by atoms with Gasteiger partial charge < -0.3 is 25.0 Å². The van der Waals surface area contributed by atoms with Crippen molar-refractivity contribution in [2.45, 2.75) is 25.4 Å². The second-order valence-corrected chi connectivity index (χ2v) is 9.06. The lowest BCUT2D eigenvalue weighted by Crippen LogP contribution is -2.37. The number of carbonyl (C=O) groups excluding carboxylic acids is 3. The lowest BCUT2D eigenvalue weighted by atomic mass is 10.1. The molecule has 2 heterocycles. The van der Waals surface area contributed by atoms with Crippen molar-refractivity contribution in [1.82, 2.24) is 5.32 Å². The van der Waals surface area contributed by atoms with Crippen molar-refractivity contribution in [2.75, 3.05) is 36.5 Å². The Hall–Kier alpha value is -2.81. The predicted molar refractivity (Wildman–Crippen MR) is 129 cm³/mol. The summed E-state index contributed by atoms with van der Waals surface area (Å²) in [7, 11) is 0. The highest BCUT2D eigenvalue weighted by Gasteiger charge is 2.35. The molecule has 2 saturated heterocycles. The summed E-state index contributed by atoms with van der Waals surface area (Å²) in [5, 5.41) is 6.33. The first-order chi connectivity index (χ1) is 16.4. The van der Waals surface area contributed by atoms with Crippen LogP contribution in [0.1, 0.15) is 19.3 Å². The minimum Gasteiger partial charge on any atom is -0.484 e. The van der Waals surface area contributed by atoms with Gasteiger partial charge in [0, 0.05) is 37.5 Å². The molecule has 2 N–H and O–H groups in total. The molecule has 0 radical (unpaired) electrons. The van der Waals surface area contributed by atoms with Crippen LogP contribution in [0.15, 0.2) is 42.5 Å². The van der Waals surface area contributed by atoms with E-state index in [9.17, 15) is 14.4 Å². The predicted octanol–water partition coefficient (Wildman–Crippen LogP) is 3.66. The van der Waals surface area contributed by atoms with Gasteiger partial charge in [0.05, 0.1) is 22.1 Å². The lowest BCUT2D eigenvalue weighted by molar-refractivity contribution is -0.126. The lowest BCUT2D eigenvalue weighted by Gasteiger charge is -2.18. The van der Waals surface area contributed by atoms with E-state index < -0.39 is 5.92 Å². The number of anilines is 2. The largest absolute Gasteiger partial charge is 0.484 e. The quantitative estimate of drug-likeness (QED) is 0.570. The molecule has 2 aromatic carbocycles. The van der Waals surface area contributed by atoms with E-state index in [-0.39, 0.29) is 36.9 Å². The van der Waals surface area contributed by atoms with Crippen molar-refractivity contribution in [3.63, 3.8) is 0 Å². The molecular weight excluding hydrogens is 481 g/mol. The molecule has 2 fully saturated rings. The summed E-state index contributed by atoms with van der Waals surface area (Å²) in [6, 6.07) is 11.6. The van der Waals surface area contributed by atoms with Gasteiger partial charge >= 0.3 is 0 Å². The van der Waals surface area contributed by atoms with Crippen LogP contribution in [0.3, 0.4) is 0 Å². The van der Waals surface area contributed by atoms with Gasteiger partial charge in [0.2, 0.25) is 11.8 Å². The Morgan fingerprint density at radius 3 is 2.62 bits per heavy atom. The highest BCUT2D eigenvalue weighted by Crippen LogP contribution is 2.28. The number of hydrogen-bond acceptors (Lipinski definition) is 5. The standard InChI is InChI=1S/C24H25Cl2N3O5/c25-20-8-3-16(11-21(20)26)28-22(30)14-34-18-6-4-17(5-7-18)29-13-15(10-23(29)31)24(32)27-12-19-2-1-9-33-19/h3-8,11,15,19H,1-2,9-10,12-14H2,(H,27,32)(H,28,30)/t15-,19+/m1/s1. The molecule has 2 atom stereocenters. The first-order valence-corrected chi connectivity index (χ1v) is 11.8. The fraction of sp³-hybridized carbons (Fsp3) is 0.375. The highest BCUT2D eigenvalue weighted by molar-refractivity contribution is 6.42. The Balaban J connectivity index is 1.25. The number of nitrogens with zero attached hydrogens (tertiary/aromatic N) is 1. The maximum absolute atomic E-state index is 12.5. The normalized spacial score (nSPS) is 19.8. The van der Waals surface area contributed by atoms with Crippen molar-refractivity contribution in [3.05, 3.63) is 52.5 Å². The van der Waals surface area contributed by atoms with E-state index in [1.54, 1.807) is 47.4 Å². The third-order valence-corrected chi connectivity index (χ3v) is 6.48. The molecule has 4 rings (SSSR count). The second kappa shape index (κ2) is 11.1. The summed E-state index contributed by atoms with van der Waals surface area (Å²) in [6.07, 6.45) is 2.19. The zero-order valence-electron chi connectivity index (χ0n) is 18.4. The Bertz CT molecular complexity index is 1060. The Morgan fingerprint density at radius 2 is 1.91 bits per heavy atom. The summed E-state index contributed by atoms with van der Waals surface area (Å²) in [5.74, 6) is -0.499. The molecule has 34 heavy (non-hydrogen) atoms. The van der Waals surface area contributed by atoms with Gasteiger partial charge in [0.15, 0.2) is 6.61 Å². The van der Waals surface area contributed by atoms with E-state index in [0.717, 1.165) is 19.4 Å². The van der Waals surface area contributed by atoms with Gasteiger partial charge in [-0.2, -0.15) is 0 Å². The van der Waals surface area contributed by atoms with Crippen molar-refractivity contribution >= 4 is 52.3 Å². The molecule has 2 aliphatic rings. The molecule has 0 spiro atoms. The number of hydrogen-bond donors (Lipinski definition) is 2. The Morgan fingerprint density at radius 1 is 1.12 bits per heavy atom. The molecule has 180 valence electrons. The van der Waals surface area contributed by atoms with Crippen LogP contribution in [-0.4, -0.2) is 50.1 Å². The minimum absolute atomic E-state index is 0.0655. The maximum atomic E-state index is 12.5. The van der Waals surface area contributed by atoms with E-state index in [4.69, 9.17) is 32.7 Å². The molecular formula is C24H25Cl2N3O5. The van der Waals surface area contributed by atoms with Gasteiger partial charge in [0.25, 0.3) is 5.91 Å². The zero-order valence-corrected chi connectivity index (χ0v) is 19.9. The molecule has 2 aromatic rings. The van der Waals surface area contributed by atoms with E-state index in [1.807, 2.05) is 0 Å². The van der Waals surface area contributed by atoms with Crippen LogP contribution in [0.25, 0.3) is 0 Å². The van der Waals surface area contributed by atoms with Gasteiger partial charge in [-0.25, -0.2) is 0 Å². The van der Waals surface area contributed by atoms with E-state index in [2.05, 4.69) is 10.6 Å². The highest BCUT2D eigenvalue weighted by atomic mass is 35.5. The van der Waals surface area contributed by atoms with Crippen LogP contribution in [0.2, 0.25) is 10.0 Å². The van der Waals surface area contributed by atoms with Gasteiger partial charge in [0.1, 0.15) is 5.75 Å². The first-order valence-electron chi connectivity index (χ1n) is 11.1. The molecule has 10 heteroatoms. The molecule has 0 unspecified atom stereocenters. The van der Waals surface area contributed by atoms with E-state index >= 15 is 0 Å². The topological polar surface area (TPSA) is 97.0 Å². The summed E-state index contributed by atoms with van der Waals surface area (Å²) >= 11 is 11.8. The third kappa shape index (κ3) is 6.20. The minimum atomic E-state index is -0.394. The fourth-order valence-corrected chi connectivity index (χ4v) is 4.24. The number of halogens is 2. The van der Waals surface area contributed by atoms with E-state index in [1.165, 1.54) is 0 Å². The molecule has 0 aromatic heterocycles. The van der Waals surface area contributed by atoms with Gasteiger partial charge in [-0.3, -0.25) is 14.4 Å². The molecule has 0 bridgehead atoms. The zero-order chi connectivity index (χ0) is 24.1. The Kier molecular flexibility index (Phi) is 7.92. The summed E-state index contributed by atoms with van der Waals surface area (Å²) < 4.78 is 11.1. The number of rotatable bonds is 8. The van der Waals surface area contributed by atoms with Crippen LogP contribution < -0.4 is 20.3 Å². The fourth-order valence-electron chi connectivity index (χ4n) is 3.94. The first kappa shape index (κ1) is 24.3. The van der Waals surface area contributed by atoms with Gasteiger partial charge in [-0.1, -0.05) is 23.2 Å².